The van der Waals surface area contributed by atoms with Crippen molar-refractivity contribution in [1.82, 2.24) is 4.90 Å². The van der Waals surface area contributed by atoms with E-state index in [1.165, 1.54) is 4.88 Å². The largest absolute Gasteiger partial charge is 0.389 e. The van der Waals surface area contributed by atoms with Crippen LogP contribution in [-0.4, -0.2) is 55.6 Å². The number of thiophene rings is 1. The first-order chi connectivity index (χ1) is 9.61. The summed E-state index contributed by atoms with van der Waals surface area (Å²) >= 11 is 1.75. The van der Waals surface area contributed by atoms with E-state index < -0.39 is 6.10 Å². The van der Waals surface area contributed by atoms with Gasteiger partial charge in [-0.2, -0.15) is 0 Å². The van der Waals surface area contributed by atoms with Crippen LogP contribution in [0, 0.1) is 0 Å². The van der Waals surface area contributed by atoms with E-state index in [-0.39, 0.29) is 6.10 Å². The van der Waals surface area contributed by atoms with Crippen molar-refractivity contribution in [3.05, 3.63) is 22.4 Å². The van der Waals surface area contributed by atoms with Crippen molar-refractivity contribution >= 4 is 11.3 Å². The van der Waals surface area contributed by atoms with Gasteiger partial charge in [0.05, 0.1) is 18.8 Å². The van der Waals surface area contributed by atoms with E-state index in [1.54, 1.807) is 18.4 Å². The van der Waals surface area contributed by atoms with Crippen LogP contribution in [0.1, 0.15) is 25.1 Å². The molecule has 0 amide bonds. The number of aliphatic hydroxyl groups excluding tert-OH is 1. The number of hydrogen-bond acceptors (Lipinski definition) is 5. The maximum atomic E-state index is 10.1. The van der Waals surface area contributed by atoms with Gasteiger partial charge in [0.1, 0.15) is 0 Å². The molecule has 0 unspecified atom stereocenters. The molecule has 0 spiro atoms. The van der Waals surface area contributed by atoms with Crippen molar-refractivity contribution in [1.29, 1.82) is 0 Å². The van der Waals surface area contributed by atoms with Crippen LogP contribution in [0.4, 0.5) is 0 Å². The van der Waals surface area contributed by atoms with Crippen LogP contribution < -0.4 is 0 Å². The summed E-state index contributed by atoms with van der Waals surface area (Å²) < 4.78 is 10.6. The molecule has 0 saturated carbocycles. The second-order valence-electron chi connectivity index (χ2n) is 5.20. The minimum Gasteiger partial charge on any atom is -0.389 e. The van der Waals surface area contributed by atoms with Crippen molar-refractivity contribution in [2.75, 3.05) is 33.4 Å². The Balaban J connectivity index is 2.40. The molecule has 0 aliphatic carbocycles. The van der Waals surface area contributed by atoms with Crippen molar-refractivity contribution in [3.63, 3.8) is 0 Å². The Kier molecular flexibility index (Phi) is 9.05. The molecule has 0 radical (unpaired) electrons. The molecule has 1 heterocycles. The molecule has 4 nitrogen and oxygen atoms in total. The second kappa shape index (κ2) is 10.3. The minimum atomic E-state index is -0.445. The summed E-state index contributed by atoms with van der Waals surface area (Å²) in [5.41, 5.74) is 0. The molecule has 0 saturated heterocycles. The standard InChI is InChI=1S/C15H27NO3S/c1-13(2)19-12-14(17)10-16(7-5-8-18-3)11-15-6-4-9-20-15/h4,6,9,13-14,17H,5,7-8,10-12H2,1-3H3/t14-/m1/s1. The molecule has 1 aromatic rings. The minimum absolute atomic E-state index is 0.156. The maximum absolute atomic E-state index is 10.1. The van der Waals surface area contributed by atoms with Gasteiger partial charge in [0.15, 0.2) is 0 Å². The molecule has 20 heavy (non-hydrogen) atoms. The third-order valence-corrected chi connectivity index (χ3v) is 3.73. The van der Waals surface area contributed by atoms with Gasteiger partial charge in [-0.25, -0.2) is 0 Å². The molecule has 0 aliphatic heterocycles. The lowest BCUT2D eigenvalue weighted by Crippen LogP contribution is -2.36. The number of rotatable bonds is 11. The van der Waals surface area contributed by atoms with E-state index >= 15 is 0 Å². The summed E-state index contributed by atoms with van der Waals surface area (Å²) in [6.07, 6.45) is 0.684. The van der Waals surface area contributed by atoms with Crippen molar-refractivity contribution in [2.24, 2.45) is 0 Å². The molecule has 0 aromatic carbocycles. The second-order valence-corrected chi connectivity index (χ2v) is 6.23. The Labute approximate surface area is 126 Å². The molecular formula is C15H27NO3S. The predicted molar refractivity (Wildman–Crippen MR) is 83.2 cm³/mol. The van der Waals surface area contributed by atoms with Gasteiger partial charge in [-0.05, 0) is 31.7 Å². The molecule has 0 bridgehead atoms. The molecule has 1 atom stereocenters. The summed E-state index contributed by atoms with van der Waals surface area (Å²) in [4.78, 5) is 3.58. The smallest absolute Gasteiger partial charge is 0.0900 e. The zero-order valence-corrected chi connectivity index (χ0v) is 13.6. The summed E-state index contributed by atoms with van der Waals surface area (Å²) in [6, 6.07) is 4.19. The van der Waals surface area contributed by atoms with E-state index in [2.05, 4.69) is 22.4 Å². The van der Waals surface area contributed by atoms with Gasteiger partial charge >= 0.3 is 0 Å². The Bertz CT molecular complexity index is 330. The fourth-order valence-electron chi connectivity index (χ4n) is 1.94. The van der Waals surface area contributed by atoms with Crippen LogP contribution in [0.25, 0.3) is 0 Å². The van der Waals surface area contributed by atoms with Gasteiger partial charge in [-0.15, -0.1) is 11.3 Å². The Morgan fingerprint density at radius 3 is 2.80 bits per heavy atom. The van der Waals surface area contributed by atoms with E-state index in [0.717, 1.165) is 26.1 Å². The SMILES string of the molecule is COCCCN(Cc1cccs1)C[C@@H](O)COC(C)C. The van der Waals surface area contributed by atoms with Gasteiger partial charge in [-0.3, -0.25) is 4.90 Å². The average molecular weight is 301 g/mol. The highest BCUT2D eigenvalue weighted by molar-refractivity contribution is 7.09. The van der Waals surface area contributed by atoms with Gasteiger partial charge in [0, 0.05) is 38.2 Å². The molecule has 0 fully saturated rings. The molecule has 1 N–H and O–H groups in total. The van der Waals surface area contributed by atoms with Gasteiger partial charge in [-0.1, -0.05) is 6.07 Å². The predicted octanol–water partition coefficient (Wildman–Crippen LogP) is 2.37. The quantitative estimate of drug-likeness (QED) is 0.637. The van der Waals surface area contributed by atoms with Crippen molar-refractivity contribution < 1.29 is 14.6 Å². The Morgan fingerprint density at radius 1 is 1.40 bits per heavy atom. The first kappa shape index (κ1) is 17.6. The van der Waals surface area contributed by atoms with E-state index in [4.69, 9.17) is 9.47 Å². The van der Waals surface area contributed by atoms with Crippen molar-refractivity contribution in [3.8, 4) is 0 Å². The zero-order valence-electron chi connectivity index (χ0n) is 12.7. The van der Waals surface area contributed by atoms with Gasteiger partial charge in [0.2, 0.25) is 0 Å². The summed E-state index contributed by atoms with van der Waals surface area (Å²) in [7, 11) is 1.72. The lowest BCUT2D eigenvalue weighted by molar-refractivity contribution is -0.0102. The maximum Gasteiger partial charge on any atom is 0.0900 e. The molecule has 5 heteroatoms. The zero-order chi connectivity index (χ0) is 14.8. The highest BCUT2D eigenvalue weighted by atomic mass is 32.1. The number of ether oxygens (including phenoxy) is 2. The number of aliphatic hydroxyl groups is 1. The molecular weight excluding hydrogens is 274 g/mol. The topological polar surface area (TPSA) is 41.9 Å². The summed E-state index contributed by atoms with van der Waals surface area (Å²) in [5.74, 6) is 0. The molecule has 1 rings (SSSR count). The highest BCUT2D eigenvalue weighted by Gasteiger charge is 2.13. The normalized spacial score (nSPS) is 13.3. The number of hydrogen-bond donors (Lipinski definition) is 1. The third kappa shape index (κ3) is 7.97. The van der Waals surface area contributed by atoms with Crippen LogP contribution in [-0.2, 0) is 16.0 Å². The lowest BCUT2D eigenvalue weighted by atomic mass is 10.3. The van der Waals surface area contributed by atoms with Crippen LogP contribution in [0.15, 0.2) is 17.5 Å². The third-order valence-electron chi connectivity index (χ3n) is 2.87. The van der Waals surface area contributed by atoms with Gasteiger partial charge in [0.25, 0.3) is 0 Å². The Morgan fingerprint density at radius 2 is 2.20 bits per heavy atom. The Hall–Kier alpha value is -0.460. The van der Waals surface area contributed by atoms with Crippen molar-refractivity contribution in [2.45, 2.75) is 39.0 Å². The fourth-order valence-corrected chi connectivity index (χ4v) is 2.69. The van der Waals surface area contributed by atoms with Gasteiger partial charge < -0.3 is 14.6 Å². The fraction of sp³-hybridized carbons (Fsp3) is 0.733. The monoisotopic (exact) mass is 301 g/mol. The van der Waals surface area contributed by atoms with E-state index in [0.29, 0.717) is 13.2 Å². The first-order valence-electron chi connectivity index (χ1n) is 7.15. The molecule has 1 aromatic heterocycles. The molecule has 0 aliphatic rings. The van der Waals surface area contributed by atoms with E-state index in [1.807, 2.05) is 13.8 Å². The lowest BCUT2D eigenvalue weighted by Gasteiger charge is -2.25. The van der Waals surface area contributed by atoms with Crippen LogP contribution in [0.5, 0.6) is 0 Å². The van der Waals surface area contributed by atoms with Crippen LogP contribution >= 0.6 is 11.3 Å². The van der Waals surface area contributed by atoms with E-state index in [9.17, 15) is 5.11 Å². The average Bonchev–Trinajstić information content (AvgIpc) is 2.89. The van der Waals surface area contributed by atoms with Crippen LogP contribution in [0.3, 0.4) is 0 Å². The summed E-state index contributed by atoms with van der Waals surface area (Å²) in [5, 5.41) is 12.1. The number of methoxy groups -OCH3 is 1. The summed E-state index contributed by atoms with van der Waals surface area (Å²) in [6.45, 7) is 7.53. The molecule has 116 valence electrons. The first-order valence-corrected chi connectivity index (χ1v) is 8.03. The number of nitrogens with zero attached hydrogens (tertiary/aromatic N) is 1. The van der Waals surface area contributed by atoms with Crippen LogP contribution in [0.2, 0.25) is 0 Å². The highest BCUT2D eigenvalue weighted by Crippen LogP contribution is 2.12.